The molecule has 0 aliphatic rings. The molecule has 0 amide bonds. The normalized spacial score (nSPS) is 12.0. The molecule has 0 bridgehead atoms. The van der Waals surface area contributed by atoms with Gasteiger partial charge >= 0.3 is 0 Å². The molecule has 0 fully saturated rings. The molecule has 2 aromatic rings. The Balaban J connectivity index is 2.27. The van der Waals surface area contributed by atoms with Crippen molar-refractivity contribution in [3.05, 3.63) is 57.7 Å². The molecule has 0 spiro atoms. The predicted molar refractivity (Wildman–Crippen MR) is 74.7 cm³/mol. The van der Waals surface area contributed by atoms with Crippen molar-refractivity contribution < 1.29 is 14.1 Å². The fraction of sp³-hybridized carbons (Fsp3) is 0.214. The predicted octanol–water partition coefficient (Wildman–Crippen LogP) is 3.25. The van der Waals surface area contributed by atoms with Crippen LogP contribution in [0.2, 0.25) is 0 Å². The lowest BCUT2D eigenvalue weighted by Gasteiger charge is -2.09. The summed E-state index contributed by atoms with van der Waals surface area (Å²) in [5.41, 5.74) is 6.39. The van der Waals surface area contributed by atoms with E-state index in [0.717, 1.165) is 6.07 Å². The zero-order chi connectivity index (χ0) is 15.6. The van der Waals surface area contributed by atoms with Crippen molar-refractivity contribution >= 4 is 5.69 Å². The van der Waals surface area contributed by atoms with Gasteiger partial charge in [-0.2, -0.15) is 0 Å². The number of ether oxygens (including phenoxy) is 1. The second-order valence-electron chi connectivity index (χ2n) is 4.64. The van der Waals surface area contributed by atoms with Crippen molar-refractivity contribution in [2.75, 3.05) is 0 Å². The van der Waals surface area contributed by atoms with E-state index in [4.69, 9.17) is 10.5 Å². The average Bonchev–Trinajstić information content (AvgIpc) is 2.42. The fourth-order valence-electron chi connectivity index (χ4n) is 1.77. The fourth-order valence-corrected chi connectivity index (χ4v) is 1.77. The van der Waals surface area contributed by atoms with Gasteiger partial charge in [-0.3, -0.25) is 15.1 Å². The number of nitro benzene ring substituents is 1. The molecule has 21 heavy (non-hydrogen) atoms. The van der Waals surface area contributed by atoms with E-state index in [-0.39, 0.29) is 17.5 Å². The lowest BCUT2D eigenvalue weighted by atomic mass is 10.2. The second kappa shape index (κ2) is 5.84. The molecule has 0 saturated heterocycles. The van der Waals surface area contributed by atoms with Gasteiger partial charge in [0.15, 0.2) is 11.6 Å². The molecule has 2 N–H and O–H groups in total. The van der Waals surface area contributed by atoms with Crippen LogP contribution in [0.5, 0.6) is 11.5 Å². The summed E-state index contributed by atoms with van der Waals surface area (Å²) in [6.45, 7) is 3.31. The van der Waals surface area contributed by atoms with Gasteiger partial charge in [0.1, 0.15) is 5.75 Å². The Morgan fingerprint density at radius 1 is 1.43 bits per heavy atom. The number of halogens is 1. The average molecular weight is 291 g/mol. The van der Waals surface area contributed by atoms with Crippen LogP contribution in [0.3, 0.4) is 0 Å². The molecular weight excluding hydrogens is 277 g/mol. The molecule has 0 aliphatic heterocycles. The highest BCUT2D eigenvalue weighted by atomic mass is 19.1. The van der Waals surface area contributed by atoms with Gasteiger partial charge in [0.25, 0.3) is 5.69 Å². The summed E-state index contributed by atoms with van der Waals surface area (Å²) in [6.07, 6.45) is 1.43. The van der Waals surface area contributed by atoms with Crippen LogP contribution >= 0.6 is 0 Å². The summed E-state index contributed by atoms with van der Waals surface area (Å²) >= 11 is 0. The molecule has 1 aromatic heterocycles. The third kappa shape index (κ3) is 3.32. The third-order valence-electron chi connectivity index (χ3n) is 2.90. The number of nitrogens with two attached hydrogens (primary N) is 1. The Hall–Kier alpha value is -2.54. The van der Waals surface area contributed by atoms with Crippen LogP contribution in [0.4, 0.5) is 10.1 Å². The zero-order valence-corrected chi connectivity index (χ0v) is 11.5. The van der Waals surface area contributed by atoms with Crippen LogP contribution in [-0.2, 0) is 0 Å². The van der Waals surface area contributed by atoms with Crippen molar-refractivity contribution in [3.63, 3.8) is 0 Å². The van der Waals surface area contributed by atoms with Gasteiger partial charge < -0.3 is 10.5 Å². The maximum atomic E-state index is 13.8. The number of hydrogen-bond acceptors (Lipinski definition) is 5. The van der Waals surface area contributed by atoms with E-state index < -0.39 is 10.7 Å². The number of pyridine rings is 1. The maximum absolute atomic E-state index is 13.8. The van der Waals surface area contributed by atoms with Crippen molar-refractivity contribution in [3.8, 4) is 11.5 Å². The van der Waals surface area contributed by atoms with Crippen LogP contribution in [0.25, 0.3) is 0 Å². The van der Waals surface area contributed by atoms with Crippen molar-refractivity contribution in [1.29, 1.82) is 0 Å². The molecule has 0 aliphatic carbocycles. The van der Waals surface area contributed by atoms with E-state index in [1.165, 1.54) is 19.2 Å². The Morgan fingerprint density at radius 3 is 2.67 bits per heavy atom. The van der Waals surface area contributed by atoms with E-state index in [0.29, 0.717) is 17.0 Å². The van der Waals surface area contributed by atoms with E-state index >= 15 is 0 Å². The molecule has 0 radical (unpaired) electrons. The summed E-state index contributed by atoms with van der Waals surface area (Å²) in [5, 5.41) is 10.7. The van der Waals surface area contributed by atoms with E-state index in [1.807, 2.05) is 0 Å². The van der Waals surface area contributed by atoms with Crippen LogP contribution < -0.4 is 10.5 Å². The largest absolute Gasteiger partial charge is 0.453 e. The summed E-state index contributed by atoms with van der Waals surface area (Å²) in [4.78, 5) is 14.2. The highest BCUT2D eigenvalue weighted by Crippen LogP contribution is 2.30. The quantitative estimate of drug-likeness (QED) is 0.689. The summed E-state index contributed by atoms with van der Waals surface area (Å²) in [6, 6.07) is 5.21. The molecule has 1 aromatic carbocycles. The SMILES string of the molecule is Cc1cc(Oc2ccc([C@@H](C)N)nc2)c(F)cc1[N+](=O)[O-]. The van der Waals surface area contributed by atoms with Gasteiger partial charge in [-0.05, 0) is 32.0 Å². The Bertz CT molecular complexity index is 672. The van der Waals surface area contributed by atoms with E-state index in [1.54, 1.807) is 19.1 Å². The summed E-state index contributed by atoms with van der Waals surface area (Å²) in [5.74, 6) is -0.566. The van der Waals surface area contributed by atoms with Crippen LogP contribution in [0.15, 0.2) is 30.5 Å². The van der Waals surface area contributed by atoms with E-state index in [2.05, 4.69) is 4.98 Å². The standard InChI is InChI=1S/C14H14FN3O3/c1-8-5-14(11(15)6-13(8)18(19)20)21-10-3-4-12(9(2)16)17-7-10/h3-7,9H,16H2,1-2H3/t9-/m1/s1. The van der Waals surface area contributed by atoms with Gasteiger partial charge in [0.2, 0.25) is 0 Å². The first-order valence-electron chi connectivity index (χ1n) is 6.22. The molecule has 0 unspecified atom stereocenters. The van der Waals surface area contributed by atoms with Crippen molar-refractivity contribution in [2.45, 2.75) is 19.9 Å². The van der Waals surface area contributed by atoms with Crippen LogP contribution in [-0.4, -0.2) is 9.91 Å². The maximum Gasteiger partial charge on any atom is 0.275 e. The zero-order valence-electron chi connectivity index (χ0n) is 11.5. The number of aromatic nitrogens is 1. The topological polar surface area (TPSA) is 91.3 Å². The Morgan fingerprint density at radius 2 is 2.14 bits per heavy atom. The first kappa shape index (κ1) is 14.9. The summed E-state index contributed by atoms with van der Waals surface area (Å²) in [7, 11) is 0. The van der Waals surface area contributed by atoms with Crippen LogP contribution in [0, 0.1) is 22.9 Å². The Labute approximate surface area is 120 Å². The Kier molecular flexibility index (Phi) is 4.13. The molecule has 110 valence electrons. The molecule has 6 nitrogen and oxygen atoms in total. The molecule has 7 heteroatoms. The second-order valence-corrected chi connectivity index (χ2v) is 4.64. The monoisotopic (exact) mass is 291 g/mol. The minimum Gasteiger partial charge on any atom is -0.453 e. The van der Waals surface area contributed by atoms with Crippen molar-refractivity contribution in [1.82, 2.24) is 4.98 Å². The number of rotatable bonds is 4. The molecular formula is C14H14FN3O3. The number of benzene rings is 1. The molecule has 2 rings (SSSR count). The van der Waals surface area contributed by atoms with Gasteiger partial charge in [-0.15, -0.1) is 0 Å². The number of hydrogen-bond donors (Lipinski definition) is 1. The minimum absolute atomic E-state index is 0.0894. The summed E-state index contributed by atoms with van der Waals surface area (Å²) < 4.78 is 19.2. The first-order chi connectivity index (χ1) is 9.88. The van der Waals surface area contributed by atoms with Crippen LogP contribution in [0.1, 0.15) is 24.2 Å². The molecule has 1 atom stereocenters. The van der Waals surface area contributed by atoms with Crippen molar-refractivity contribution in [2.24, 2.45) is 5.73 Å². The minimum atomic E-state index is -0.802. The lowest BCUT2D eigenvalue weighted by molar-refractivity contribution is -0.385. The third-order valence-corrected chi connectivity index (χ3v) is 2.90. The number of aryl methyl sites for hydroxylation is 1. The highest BCUT2D eigenvalue weighted by molar-refractivity contribution is 5.46. The van der Waals surface area contributed by atoms with Gasteiger partial charge in [0.05, 0.1) is 22.9 Å². The number of nitrogens with zero attached hydrogens (tertiary/aromatic N) is 2. The highest BCUT2D eigenvalue weighted by Gasteiger charge is 2.17. The van der Waals surface area contributed by atoms with Gasteiger partial charge in [-0.25, -0.2) is 4.39 Å². The van der Waals surface area contributed by atoms with Gasteiger partial charge in [-0.1, -0.05) is 0 Å². The first-order valence-corrected chi connectivity index (χ1v) is 6.22. The number of nitro groups is 1. The van der Waals surface area contributed by atoms with E-state index in [9.17, 15) is 14.5 Å². The van der Waals surface area contributed by atoms with Gasteiger partial charge in [0, 0.05) is 11.6 Å². The smallest absolute Gasteiger partial charge is 0.275 e. The molecule has 0 saturated carbocycles. The lowest BCUT2D eigenvalue weighted by Crippen LogP contribution is -2.06. The molecule has 1 heterocycles.